The molecular weight excluding hydrogens is 458 g/mol. The van der Waals surface area contributed by atoms with Gasteiger partial charge in [0.2, 0.25) is 0 Å². The molecule has 2 aromatic carbocycles. The largest absolute Gasteiger partial charge is 0.497 e. The van der Waals surface area contributed by atoms with Gasteiger partial charge in [0.1, 0.15) is 12.3 Å². The van der Waals surface area contributed by atoms with E-state index in [-0.39, 0.29) is 4.90 Å². The van der Waals surface area contributed by atoms with Gasteiger partial charge in [-0.1, -0.05) is 17.7 Å². The molecule has 3 aromatic rings. The number of halogens is 1. The fourth-order valence-electron chi connectivity index (χ4n) is 2.65. The van der Waals surface area contributed by atoms with E-state index in [4.69, 9.17) is 16.3 Å². The summed E-state index contributed by atoms with van der Waals surface area (Å²) in [7, 11) is -2.55. The fourth-order valence-corrected chi connectivity index (χ4v) is 4.87. The number of anilines is 1. The lowest BCUT2D eigenvalue weighted by molar-refractivity contribution is -0.119. The minimum Gasteiger partial charge on any atom is -0.497 e. The van der Waals surface area contributed by atoms with Gasteiger partial charge < -0.3 is 4.74 Å². The van der Waals surface area contributed by atoms with Crippen LogP contribution in [0.1, 0.15) is 11.8 Å². The van der Waals surface area contributed by atoms with E-state index in [9.17, 15) is 13.2 Å². The molecule has 0 atom stereocenters. The molecule has 0 aliphatic carbocycles. The maximum absolute atomic E-state index is 13.3. The fraction of sp³-hybridized carbons (Fsp3) is 0.143. The summed E-state index contributed by atoms with van der Waals surface area (Å²) in [6.45, 7) is 1.30. The molecule has 0 saturated carbocycles. The maximum Gasteiger partial charge on any atom is 0.264 e. The van der Waals surface area contributed by atoms with Gasteiger partial charge in [-0.05, 0) is 66.9 Å². The lowest BCUT2D eigenvalue weighted by Gasteiger charge is -2.24. The van der Waals surface area contributed by atoms with Crippen molar-refractivity contribution in [3.63, 3.8) is 0 Å². The molecule has 0 saturated heterocycles. The van der Waals surface area contributed by atoms with E-state index < -0.39 is 22.5 Å². The van der Waals surface area contributed by atoms with Crippen molar-refractivity contribution in [2.24, 2.45) is 5.10 Å². The summed E-state index contributed by atoms with van der Waals surface area (Å²) >= 11 is 7.43. The van der Waals surface area contributed by atoms with Gasteiger partial charge in [0.15, 0.2) is 0 Å². The number of hydrogen-bond acceptors (Lipinski definition) is 6. The Balaban J connectivity index is 1.88. The first-order valence-electron chi connectivity index (χ1n) is 9.10. The molecule has 0 bridgehead atoms. The van der Waals surface area contributed by atoms with Gasteiger partial charge in [-0.15, -0.1) is 11.3 Å². The number of nitrogens with one attached hydrogen (secondary N) is 1. The van der Waals surface area contributed by atoms with Gasteiger partial charge in [-0.3, -0.25) is 9.10 Å². The second-order valence-electron chi connectivity index (χ2n) is 6.37. The Morgan fingerprint density at radius 3 is 2.39 bits per heavy atom. The van der Waals surface area contributed by atoms with Crippen LogP contribution in [0.3, 0.4) is 0 Å². The van der Waals surface area contributed by atoms with Crippen LogP contribution in [0.2, 0.25) is 5.02 Å². The lowest BCUT2D eigenvalue weighted by atomic mass is 10.3. The van der Waals surface area contributed by atoms with Gasteiger partial charge in [0.25, 0.3) is 15.9 Å². The molecule has 0 aliphatic heterocycles. The minimum atomic E-state index is -4.04. The summed E-state index contributed by atoms with van der Waals surface area (Å²) in [5.74, 6) is -0.0592. The number of carbonyl (C=O) groups excluding carboxylic acids is 1. The van der Waals surface area contributed by atoms with Gasteiger partial charge in [0.05, 0.1) is 23.4 Å². The number of benzene rings is 2. The Kier molecular flexibility index (Phi) is 7.32. The number of hydrazone groups is 1. The highest BCUT2D eigenvalue weighted by molar-refractivity contribution is 7.92. The minimum absolute atomic E-state index is 0.0225. The standard InChI is InChI=1S/C21H20ClN3O4S2/c1-15(20-4-3-13-30-20)23-24-21(26)14-25(17-7-5-16(22)6-8-17)31(27,28)19-11-9-18(29-2)10-12-19/h3-13H,14H2,1-2H3,(H,24,26)/b23-15+. The summed E-state index contributed by atoms with van der Waals surface area (Å²) in [5, 5.41) is 6.43. The number of amides is 1. The molecule has 1 amide bonds. The summed E-state index contributed by atoms with van der Waals surface area (Å²) in [4.78, 5) is 13.5. The molecule has 10 heteroatoms. The third-order valence-corrected chi connectivity index (χ3v) is 7.29. The van der Waals surface area contributed by atoms with Crippen molar-refractivity contribution >= 4 is 50.3 Å². The van der Waals surface area contributed by atoms with E-state index in [2.05, 4.69) is 10.5 Å². The number of hydrogen-bond donors (Lipinski definition) is 1. The zero-order chi connectivity index (χ0) is 22.4. The van der Waals surface area contributed by atoms with Gasteiger partial charge in [-0.2, -0.15) is 5.10 Å². The van der Waals surface area contributed by atoms with Crippen molar-refractivity contribution in [3.05, 3.63) is 75.9 Å². The SMILES string of the molecule is COc1ccc(S(=O)(=O)N(CC(=O)N/N=C(\C)c2cccs2)c2ccc(Cl)cc2)cc1. The van der Waals surface area contributed by atoms with Gasteiger partial charge in [0, 0.05) is 9.90 Å². The van der Waals surface area contributed by atoms with Crippen LogP contribution in [0, 0.1) is 0 Å². The van der Waals surface area contributed by atoms with E-state index in [0.29, 0.717) is 22.2 Å². The number of carbonyl (C=O) groups is 1. The third kappa shape index (κ3) is 5.63. The van der Waals surface area contributed by atoms with Crippen LogP contribution in [-0.2, 0) is 14.8 Å². The van der Waals surface area contributed by atoms with Crippen LogP contribution in [0.15, 0.2) is 76.0 Å². The van der Waals surface area contributed by atoms with E-state index in [1.807, 2.05) is 17.5 Å². The average molecular weight is 478 g/mol. The first-order chi connectivity index (χ1) is 14.8. The second-order valence-corrected chi connectivity index (χ2v) is 9.62. The Morgan fingerprint density at radius 2 is 1.81 bits per heavy atom. The molecule has 0 spiro atoms. The number of rotatable bonds is 8. The predicted octanol–water partition coefficient (Wildman–Crippen LogP) is 4.15. The van der Waals surface area contributed by atoms with Crippen LogP contribution in [0.5, 0.6) is 5.75 Å². The first kappa shape index (κ1) is 22.8. The zero-order valence-corrected chi connectivity index (χ0v) is 19.2. The van der Waals surface area contributed by atoms with E-state index in [1.165, 1.54) is 42.7 Å². The van der Waals surface area contributed by atoms with Crippen molar-refractivity contribution in [2.75, 3.05) is 18.0 Å². The quantitative estimate of drug-likeness (QED) is 0.390. The third-order valence-electron chi connectivity index (χ3n) is 4.28. The van der Waals surface area contributed by atoms with Gasteiger partial charge in [-0.25, -0.2) is 13.8 Å². The summed E-state index contributed by atoms with van der Waals surface area (Å²) < 4.78 is 32.7. The molecule has 1 heterocycles. The predicted molar refractivity (Wildman–Crippen MR) is 124 cm³/mol. The van der Waals surface area contributed by atoms with Crippen LogP contribution in [0.25, 0.3) is 0 Å². The smallest absolute Gasteiger partial charge is 0.264 e. The molecule has 7 nitrogen and oxygen atoms in total. The van der Waals surface area contributed by atoms with E-state index >= 15 is 0 Å². The lowest BCUT2D eigenvalue weighted by Crippen LogP contribution is -2.39. The molecule has 162 valence electrons. The van der Waals surface area contributed by atoms with Gasteiger partial charge >= 0.3 is 0 Å². The first-order valence-corrected chi connectivity index (χ1v) is 11.8. The van der Waals surface area contributed by atoms with E-state index in [0.717, 1.165) is 9.18 Å². The molecule has 0 aliphatic rings. The normalized spacial score (nSPS) is 11.8. The van der Waals surface area contributed by atoms with Crippen molar-refractivity contribution in [1.82, 2.24) is 5.43 Å². The number of thiophene rings is 1. The van der Waals surface area contributed by atoms with Crippen LogP contribution in [-0.4, -0.2) is 33.7 Å². The second kappa shape index (κ2) is 9.95. The zero-order valence-electron chi connectivity index (χ0n) is 16.8. The highest BCUT2D eigenvalue weighted by Gasteiger charge is 2.27. The average Bonchev–Trinajstić information content (AvgIpc) is 3.31. The number of methoxy groups -OCH3 is 1. The Hall–Kier alpha value is -2.88. The number of nitrogens with zero attached hydrogens (tertiary/aromatic N) is 2. The summed E-state index contributed by atoms with van der Waals surface area (Å²) in [5.41, 5.74) is 3.35. The van der Waals surface area contributed by atoms with E-state index in [1.54, 1.807) is 31.2 Å². The molecule has 3 rings (SSSR count). The van der Waals surface area contributed by atoms with Crippen molar-refractivity contribution in [2.45, 2.75) is 11.8 Å². The van der Waals surface area contributed by atoms with Crippen LogP contribution >= 0.6 is 22.9 Å². The van der Waals surface area contributed by atoms with Crippen molar-refractivity contribution < 1.29 is 17.9 Å². The topological polar surface area (TPSA) is 88.1 Å². The van der Waals surface area contributed by atoms with Crippen LogP contribution in [0.4, 0.5) is 5.69 Å². The maximum atomic E-state index is 13.3. The molecule has 0 unspecified atom stereocenters. The van der Waals surface area contributed by atoms with Crippen molar-refractivity contribution in [1.29, 1.82) is 0 Å². The highest BCUT2D eigenvalue weighted by atomic mass is 35.5. The Morgan fingerprint density at radius 1 is 1.13 bits per heavy atom. The number of ether oxygens (including phenoxy) is 1. The van der Waals surface area contributed by atoms with Crippen LogP contribution < -0.4 is 14.5 Å². The highest BCUT2D eigenvalue weighted by Crippen LogP contribution is 2.26. The monoisotopic (exact) mass is 477 g/mol. The molecule has 1 N–H and O–H groups in total. The molecule has 0 fully saturated rings. The molecular formula is C21H20ClN3O4S2. The van der Waals surface area contributed by atoms with Crippen molar-refractivity contribution in [3.8, 4) is 5.75 Å². The summed E-state index contributed by atoms with van der Waals surface area (Å²) in [6.07, 6.45) is 0. The Labute approximate surface area is 190 Å². The Bertz CT molecular complexity index is 1160. The molecule has 1 aromatic heterocycles. The summed E-state index contributed by atoms with van der Waals surface area (Å²) in [6, 6.07) is 15.9. The molecule has 0 radical (unpaired) electrons. The number of sulfonamides is 1. The molecule has 31 heavy (non-hydrogen) atoms.